The Hall–Kier alpha value is -3.62. The van der Waals surface area contributed by atoms with Crippen LogP contribution < -0.4 is 10.6 Å². The van der Waals surface area contributed by atoms with Crippen LogP contribution in [0.3, 0.4) is 0 Å². The van der Waals surface area contributed by atoms with Gasteiger partial charge in [-0.2, -0.15) is 0 Å². The summed E-state index contributed by atoms with van der Waals surface area (Å²) in [6.45, 7) is 6.61. The molecule has 2 amide bonds. The number of hydrogen-bond acceptors (Lipinski definition) is 6. The van der Waals surface area contributed by atoms with Crippen molar-refractivity contribution in [2.45, 2.75) is 61.5 Å². The minimum absolute atomic E-state index is 0.195. The Morgan fingerprint density at radius 1 is 0.925 bits per heavy atom. The number of likely N-dealkylation sites (N-methyl/N-ethyl adjacent to an activating group) is 1. The number of benzene rings is 3. The Morgan fingerprint density at radius 3 is 2.10 bits per heavy atom. The van der Waals surface area contributed by atoms with E-state index >= 15 is 0 Å². The summed E-state index contributed by atoms with van der Waals surface area (Å²) in [5, 5.41) is 6.06. The Kier molecular flexibility index (Phi) is 8.28. The second-order valence-corrected chi connectivity index (χ2v) is 12.5. The molecule has 2 unspecified atom stereocenters. The highest BCUT2D eigenvalue weighted by Crippen LogP contribution is 2.51. The van der Waals surface area contributed by atoms with Crippen LogP contribution in [0.15, 0.2) is 91.0 Å². The Morgan fingerprint density at radius 2 is 1.50 bits per heavy atom. The van der Waals surface area contributed by atoms with E-state index in [0.29, 0.717) is 6.54 Å². The molecule has 0 aromatic heterocycles. The van der Waals surface area contributed by atoms with Crippen LogP contribution >= 0.6 is 11.8 Å². The summed E-state index contributed by atoms with van der Waals surface area (Å²) in [7, 11) is 0. The zero-order valence-electron chi connectivity index (χ0n) is 22.9. The first kappa shape index (κ1) is 27.9. The molecular weight excluding hydrogens is 522 g/mol. The van der Waals surface area contributed by atoms with Gasteiger partial charge in [0.25, 0.3) is 0 Å². The quantitative estimate of drug-likeness (QED) is 0.284. The number of esters is 1. The largest absolute Gasteiger partial charge is 0.454 e. The topological polar surface area (TPSA) is 87.7 Å². The van der Waals surface area contributed by atoms with Gasteiger partial charge in [0.1, 0.15) is 23.6 Å². The Bertz CT molecular complexity index is 1340. The van der Waals surface area contributed by atoms with Gasteiger partial charge in [0.2, 0.25) is 11.8 Å². The van der Waals surface area contributed by atoms with E-state index in [0.717, 1.165) is 16.7 Å². The van der Waals surface area contributed by atoms with E-state index in [1.165, 1.54) is 11.8 Å². The molecule has 5 atom stereocenters. The molecule has 7 nitrogen and oxygen atoms in total. The fourth-order valence-corrected chi connectivity index (χ4v) is 7.19. The van der Waals surface area contributed by atoms with E-state index in [1.807, 2.05) is 112 Å². The van der Waals surface area contributed by atoms with Gasteiger partial charge in [-0.1, -0.05) is 97.9 Å². The minimum atomic E-state index is -0.776. The molecule has 0 radical (unpaired) electrons. The number of nitrogens with zero attached hydrogens (tertiary/aromatic N) is 1. The van der Waals surface area contributed by atoms with E-state index in [2.05, 4.69) is 10.6 Å². The lowest BCUT2D eigenvalue weighted by molar-refractivity contribution is -0.169. The second kappa shape index (κ2) is 11.9. The zero-order valence-corrected chi connectivity index (χ0v) is 23.8. The van der Waals surface area contributed by atoms with Crippen LogP contribution in [-0.4, -0.2) is 51.4 Å². The van der Waals surface area contributed by atoms with Crippen molar-refractivity contribution < 1.29 is 19.1 Å². The van der Waals surface area contributed by atoms with Crippen LogP contribution in [0.1, 0.15) is 49.6 Å². The molecule has 0 spiro atoms. The summed E-state index contributed by atoms with van der Waals surface area (Å²) in [6, 6.07) is 27.3. The molecule has 0 saturated carbocycles. The molecule has 8 heteroatoms. The van der Waals surface area contributed by atoms with Gasteiger partial charge in [-0.05, 0) is 37.1 Å². The van der Waals surface area contributed by atoms with Crippen molar-refractivity contribution in [3.8, 4) is 0 Å². The van der Waals surface area contributed by atoms with Crippen molar-refractivity contribution in [2.24, 2.45) is 0 Å². The molecular formula is C32H35N3O4S. The molecule has 40 heavy (non-hydrogen) atoms. The van der Waals surface area contributed by atoms with Gasteiger partial charge in [-0.25, -0.2) is 4.79 Å². The van der Waals surface area contributed by atoms with Crippen LogP contribution in [0.25, 0.3) is 0 Å². The van der Waals surface area contributed by atoms with Gasteiger partial charge in [-0.3, -0.25) is 9.59 Å². The molecule has 2 N–H and O–H groups in total. The first-order chi connectivity index (χ1) is 19.3. The molecule has 2 saturated heterocycles. The lowest BCUT2D eigenvalue weighted by atomic mass is 9.93. The minimum Gasteiger partial charge on any atom is -0.454 e. The molecule has 2 aliphatic rings. The number of rotatable bonds is 10. The smallest absolute Gasteiger partial charge is 0.331 e. The first-order valence-corrected chi connectivity index (χ1v) is 14.5. The van der Waals surface area contributed by atoms with E-state index < -0.39 is 28.9 Å². The van der Waals surface area contributed by atoms with Crippen molar-refractivity contribution in [3.63, 3.8) is 0 Å². The number of β-lactam (4-membered cyclic amide) rings is 1. The number of fused-ring (bicyclic) bond motifs is 1. The fourth-order valence-electron chi connectivity index (χ4n) is 5.57. The number of hydrogen-bond donors (Lipinski definition) is 2. The van der Waals surface area contributed by atoms with Gasteiger partial charge in [0.15, 0.2) is 0 Å². The summed E-state index contributed by atoms with van der Waals surface area (Å²) in [6.07, 6.45) is -0.408. The molecule has 208 valence electrons. The number of nitrogens with one attached hydrogen (secondary N) is 2. The number of carbonyl (C=O) groups excluding carboxylic acids is 3. The van der Waals surface area contributed by atoms with Gasteiger partial charge in [0, 0.05) is 4.75 Å². The van der Waals surface area contributed by atoms with Gasteiger partial charge in [0.05, 0.1) is 12.5 Å². The Labute approximate surface area is 239 Å². The SMILES string of the molecule is CCNC(c1ccccc1)C(OC(=O)[C@@H]1N2C(=O)[C@@H](NC(=O)Cc3ccccc3)[C@H]2SC1(C)C)c1ccccc1. The van der Waals surface area contributed by atoms with E-state index in [-0.39, 0.29) is 29.7 Å². The lowest BCUT2D eigenvalue weighted by Crippen LogP contribution is -2.70. The Balaban J connectivity index is 1.35. The maximum absolute atomic E-state index is 13.9. The first-order valence-electron chi connectivity index (χ1n) is 13.7. The third kappa shape index (κ3) is 5.64. The lowest BCUT2D eigenvalue weighted by Gasteiger charge is -2.44. The van der Waals surface area contributed by atoms with Crippen molar-refractivity contribution in [3.05, 3.63) is 108 Å². The predicted molar refractivity (Wildman–Crippen MR) is 156 cm³/mol. The number of carbonyl (C=O) groups is 3. The summed E-state index contributed by atoms with van der Waals surface area (Å²) >= 11 is 1.53. The number of thioether (sulfide) groups is 1. The second-order valence-electron chi connectivity index (χ2n) is 10.7. The van der Waals surface area contributed by atoms with Gasteiger partial charge < -0.3 is 20.3 Å². The monoisotopic (exact) mass is 557 g/mol. The van der Waals surface area contributed by atoms with Crippen molar-refractivity contribution >= 4 is 29.5 Å². The van der Waals surface area contributed by atoms with Crippen molar-refractivity contribution in [1.82, 2.24) is 15.5 Å². The molecule has 3 aromatic carbocycles. The van der Waals surface area contributed by atoms with Crippen molar-refractivity contribution in [1.29, 1.82) is 0 Å². The van der Waals surface area contributed by atoms with Crippen LogP contribution in [0.5, 0.6) is 0 Å². The number of amides is 2. The number of ether oxygens (including phenoxy) is 1. The highest BCUT2D eigenvalue weighted by atomic mass is 32.2. The third-order valence-electron chi connectivity index (χ3n) is 7.44. The highest BCUT2D eigenvalue weighted by Gasteiger charge is 2.64. The predicted octanol–water partition coefficient (Wildman–Crippen LogP) is 4.41. The van der Waals surface area contributed by atoms with Crippen molar-refractivity contribution in [2.75, 3.05) is 6.54 Å². The van der Waals surface area contributed by atoms with Gasteiger partial charge >= 0.3 is 5.97 Å². The average molecular weight is 558 g/mol. The van der Waals surface area contributed by atoms with E-state index in [4.69, 9.17) is 4.74 Å². The molecule has 2 heterocycles. The summed E-state index contributed by atoms with van der Waals surface area (Å²) in [5.74, 6) is -0.918. The molecule has 0 bridgehead atoms. The summed E-state index contributed by atoms with van der Waals surface area (Å²) in [5.41, 5.74) is 2.75. The van der Waals surface area contributed by atoms with Crippen LogP contribution in [-0.2, 0) is 25.5 Å². The normalized spacial score (nSPS) is 22.5. The van der Waals surface area contributed by atoms with Gasteiger partial charge in [-0.15, -0.1) is 11.8 Å². The fraction of sp³-hybridized carbons (Fsp3) is 0.344. The highest BCUT2D eigenvalue weighted by molar-refractivity contribution is 8.01. The zero-order chi connectivity index (χ0) is 28.3. The van der Waals surface area contributed by atoms with E-state index in [1.54, 1.807) is 4.90 Å². The molecule has 2 aliphatic heterocycles. The summed E-state index contributed by atoms with van der Waals surface area (Å²) < 4.78 is 5.73. The molecule has 3 aromatic rings. The summed E-state index contributed by atoms with van der Waals surface area (Å²) in [4.78, 5) is 41.6. The van der Waals surface area contributed by atoms with E-state index in [9.17, 15) is 14.4 Å². The average Bonchev–Trinajstić information content (AvgIpc) is 3.22. The molecule has 5 rings (SSSR count). The maximum atomic E-state index is 13.9. The van der Waals surface area contributed by atoms with Crippen LogP contribution in [0.2, 0.25) is 0 Å². The maximum Gasteiger partial charge on any atom is 0.331 e. The standard InChI is InChI=1S/C32H35N3O4S/c1-4-33-25(22-16-10-6-11-17-22)27(23-18-12-7-13-19-23)39-31(38)28-32(2,3)40-30-26(29(37)35(28)30)34-24(36)20-21-14-8-5-9-15-21/h5-19,25-28,30,33H,4,20H2,1-3H3,(H,34,36)/t25?,26-,27?,28+,30-/m1/s1. The van der Waals surface area contributed by atoms with Crippen LogP contribution in [0.4, 0.5) is 0 Å². The molecule has 0 aliphatic carbocycles. The van der Waals surface area contributed by atoms with Crippen LogP contribution in [0, 0.1) is 0 Å². The molecule has 2 fully saturated rings. The third-order valence-corrected chi connectivity index (χ3v) is 9.02.